The quantitative estimate of drug-likeness (QED) is 0.536. The van der Waals surface area contributed by atoms with E-state index in [2.05, 4.69) is 25.8 Å². The number of pyridine rings is 1. The maximum Gasteiger partial charge on any atom is 0.259 e. The van der Waals surface area contributed by atoms with Gasteiger partial charge in [-0.3, -0.25) is 4.79 Å². The Hall–Kier alpha value is -3.59. The average molecular weight is 417 g/mol. The number of ether oxygens (including phenoxy) is 1. The Morgan fingerprint density at radius 2 is 2.19 bits per heavy atom. The summed E-state index contributed by atoms with van der Waals surface area (Å²) in [5, 5.41) is 20.1. The summed E-state index contributed by atoms with van der Waals surface area (Å²) < 4.78 is 7.44. The molecule has 1 saturated heterocycles. The fourth-order valence-corrected chi connectivity index (χ4v) is 3.76. The van der Waals surface area contributed by atoms with E-state index in [9.17, 15) is 4.79 Å². The smallest absolute Gasteiger partial charge is 0.259 e. The molecule has 1 aromatic carbocycles. The minimum atomic E-state index is -0.215. The second-order valence-corrected chi connectivity index (χ2v) is 7.73. The Morgan fingerprint density at radius 3 is 3.06 bits per heavy atom. The van der Waals surface area contributed by atoms with Crippen LogP contribution >= 0.6 is 0 Å². The first-order valence-corrected chi connectivity index (χ1v) is 10.4. The molecule has 0 aliphatic carbocycles. The van der Waals surface area contributed by atoms with E-state index in [1.807, 2.05) is 49.5 Å². The van der Waals surface area contributed by atoms with Gasteiger partial charge in [-0.15, -0.1) is 10.2 Å². The van der Waals surface area contributed by atoms with E-state index in [0.29, 0.717) is 23.6 Å². The molecule has 9 heteroatoms. The van der Waals surface area contributed by atoms with Gasteiger partial charge < -0.3 is 10.1 Å². The number of anilines is 1. The van der Waals surface area contributed by atoms with Gasteiger partial charge in [0.15, 0.2) is 0 Å². The van der Waals surface area contributed by atoms with E-state index in [0.717, 1.165) is 36.1 Å². The summed E-state index contributed by atoms with van der Waals surface area (Å²) >= 11 is 0. The summed E-state index contributed by atoms with van der Waals surface area (Å²) in [5.41, 5.74) is 3.70. The van der Waals surface area contributed by atoms with E-state index in [1.54, 1.807) is 15.5 Å². The fraction of sp³-hybridized carbons (Fsp3) is 0.318. The standard InChI is InChI=1S/C22H23N7O2/c1-15-8-9-16(21-25-27-29(26-21)14-17-6-3-5-11-31-17)12-19(15)24-22(30)18-13-23-28-10-4-2-7-20(18)28/h2,4,7-10,12-13,17H,3,5-6,11,14H2,1H3,(H,24,30). The molecule has 4 heterocycles. The van der Waals surface area contributed by atoms with Crippen LogP contribution in [0.15, 0.2) is 48.8 Å². The summed E-state index contributed by atoms with van der Waals surface area (Å²) in [6.45, 7) is 3.33. The lowest BCUT2D eigenvalue weighted by Crippen LogP contribution is -2.25. The zero-order chi connectivity index (χ0) is 21.2. The first-order valence-electron chi connectivity index (χ1n) is 10.4. The molecule has 0 radical (unpaired) electrons. The molecule has 1 aliphatic rings. The molecule has 1 amide bonds. The van der Waals surface area contributed by atoms with E-state index >= 15 is 0 Å². The molecule has 1 atom stereocenters. The number of hydrogen-bond acceptors (Lipinski definition) is 6. The maximum atomic E-state index is 12.9. The molecule has 1 aliphatic heterocycles. The number of aromatic nitrogens is 6. The Morgan fingerprint density at radius 1 is 1.26 bits per heavy atom. The van der Waals surface area contributed by atoms with Crippen molar-refractivity contribution in [3.63, 3.8) is 0 Å². The lowest BCUT2D eigenvalue weighted by Gasteiger charge is -2.21. The molecule has 0 spiro atoms. The van der Waals surface area contributed by atoms with Gasteiger partial charge in [-0.1, -0.05) is 18.2 Å². The van der Waals surface area contributed by atoms with Crippen molar-refractivity contribution in [2.75, 3.05) is 11.9 Å². The molecule has 1 fully saturated rings. The predicted molar refractivity (Wildman–Crippen MR) is 115 cm³/mol. The van der Waals surface area contributed by atoms with Crippen molar-refractivity contribution in [2.45, 2.75) is 38.8 Å². The number of amides is 1. The van der Waals surface area contributed by atoms with Gasteiger partial charge in [-0.2, -0.15) is 9.90 Å². The Bertz CT molecular complexity index is 1220. The number of carbonyl (C=O) groups excluding carboxylic acids is 1. The van der Waals surface area contributed by atoms with Crippen LogP contribution in [0.25, 0.3) is 16.9 Å². The molecular weight excluding hydrogens is 394 g/mol. The lowest BCUT2D eigenvalue weighted by atomic mass is 10.1. The molecule has 158 valence electrons. The Balaban J connectivity index is 1.35. The molecule has 31 heavy (non-hydrogen) atoms. The van der Waals surface area contributed by atoms with Gasteiger partial charge in [-0.05, 0) is 55.2 Å². The highest BCUT2D eigenvalue weighted by molar-refractivity contribution is 6.09. The number of benzene rings is 1. The molecule has 3 aromatic heterocycles. The minimum Gasteiger partial charge on any atom is -0.376 e. The van der Waals surface area contributed by atoms with E-state index < -0.39 is 0 Å². The van der Waals surface area contributed by atoms with Crippen molar-refractivity contribution >= 4 is 17.1 Å². The zero-order valence-corrected chi connectivity index (χ0v) is 17.2. The number of nitrogens with one attached hydrogen (secondary N) is 1. The molecule has 1 N–H and O–H groups in total. The average Bonchev–Trinajstić information content (AvgIpc) is 3.43. The van der Waals surface area contributed by atoms with Crippen LogP contribution in [0.1, 0.15) is 35.2 Å². The van der Waals surface area contributed by atoms with Crippen molar-refractivity contribution in [2.24, 2.45) is 0 Å². The van der Waals surface area contributed by atoms with Crippen LogP contribution in [0.4, 0.5) is 5.69 Å². The summed E-state index contributed by atoms with van der Waals surface area (Å²) in [7, 11) is 0. The largest absolute Gasteiger partial charge is 0.376 e. The van der Waals surface area contributed by atoms with Gasteiger partial charge >= 0.3 is 0 Å². The van der Waals surface area contributed by atoms with E-state index in [-0.39, 0.29) is 12.0 Å². The molecule has 9 nitrogen and oxygen atoms in total. The summed E-state index contributed by atoms with van der Waals surface area (Å²) in [6, 6.07) is 11.4. The van der Waals surface area contributed by atoms with Gasteiger partial charge in [0.2, 0.25) is 5.82 Å². The number of nitrogens with zero attached hydrogens (tertiary/aromatic N) is 6. The van der Waals surface area contributed by atoms with Crippen molar-refractivity contribution < 1.29 is 9.53 Å². The Kier molecular flexibility index (Phi) is 5.17. The van der Waals surface area contributed by atoms with Crippen LogP contribution < -0.4 is 5.32 Å². The monoisotopic (exact) mass is 417 g/mol. The number of carbonyl (C=O) groups is 1. The van der Waals surface area contributed by atoms with Crippen LogP contribution in [-0.4, -0.2) is 48.4 Å². The number of hydrogen-bond donors (Lipinski definition) is 1. The van der Waals surface area contributed by atoms with Crippen molar-refractivity contribution in [1.82, 2.24) is 29.8 Å². The van der Waals surface area contributed by atoms with Crippen LogP contribution in [0, 0.1) is 6.92 Å². The number of aryl methyl sites for hydroxylation is 1. The van der Waals surface area contributed by atoms with Gasteiger partial charge in [0.05, 0.1) is 29.9 Å². The van der Waals surface area contributed by atoms with Gasteiger partial charge in [0, 0.05) is 24.1 Å². The molecular formula is C22H23N7O2. The van der Waals surface area contributed by atoms with Crippen LogP contribution in [0.2, 0.25) is 0 Å². The van der Waals surface area contributed by atoms with E-state index in [4.69, 9.17) is 4.74 Å². The molecule has 4 aromatic rings. The SMILES string of the molecule is Cc1ccc(-c2nnn(CC3CCCCO3)n2)cc1NC(=O)c1cnn2ccccc12. The van der Waals surface area contributed by atoms with Gasteiger partial charge in [0.1, 0.15) is 0 Å². The minimum absolute atomic E-state index is 0.134. The third kappa shape index (κ3) is 4.04. The third-order valence-corrected chi connectivity index (χ3v) is 5.51. The number of rotatable bonds is 5. The van der Waals surface area contributed by atoms with Crippen LogP contribution in [0.5, 0.6) is 0 Å². The highest BCUT2D eigenvalue weighted by Crippen LogP contribution is 2.24. The second-order valence-electron chi connectivity index (χ2n) is 7.73. The Labute approximate surface area is 179 Å². The number of tetrazole rings is 1. The van der Waals surface area contributed by atoms with Gasteiger partial charge in [-0.25, -0.2) is 4.52 Å². The topological polar surface area (TPSA) is 99.2 Å². The molecule has 0 bridgehead atoms. The molecule has 5 rings (SSSR count). The molecule has 0 saturated carbocycles. The highest BCUT2D eigenvalue weighted by atomic mass is 16.5. The zero-order valence-electron chi connectivity index (χ0n) is 17.2. The number of fused-ring (bicyclic) bond motifs is 1. The van der Waals surface area contributed by atoms with E-state index in [1.165, 1.54) is 6.42 Å². The van der Waals surface area contributed by atoms with Crippen LogP contribution in [-0.2, 0) is 11.3 Å². The van der Waals surface area contributed by atoms with Crippen molar-refractivity contribution in [1.29, 1.82) is 0 Å². The molecule has 1 unspecified atom stereocenters. The first-order chi connectivity index (χ1) is 15.2. The van der Waals surface area contributed by atoms with Crippen LogP contribution in [0.3, 0.4) is 0 Å². The normalized spacial score (nSPS) is 16.5. The summed E-state index contributed by atoms with van der Waals surface area (Å²) in [6.07, 6.45) is 6.81. The lowest BCUT2D eigenvalue weighted by molar-refractivity contribution is 0.00133. The predicted octanol–water partition coefficient (Wildman–Crippen LogP) is 3.12. The first kappa shape index (κ1) is 19.4. The van der Waals surface area contributed by atoms with Crippen molar-refractivity contribution in [3.8, 4) is 11.4 Å². The van der Waals surface area contributed by atoms with Gasteiger partial charge in [0.25, 0.3) is 5.91 Å². The van der Waals surface area contributed by atoms with Crippen molar-refractivity contribution in [3.05, 3.63) is 59.9 Å². The fourth-order valence-electron chi connectivity index (χ4n) is 3.76. The summed E-state index contributed by atoms with van der Waals surface area (Å²) in [5.74, 6) is 0.301. The maximum absolute atomic E-state index is 12.9. The second kappa shape index (κ2) is 8.27. The highest BCUT2D eigenvalue weighted by Gasteiger charge is 2.18. The summed E-state index contributed by atoms with van der Waals surface area (Å²) in [4.78, 5) is 14.5. The third-order valence-electron chi connectivity index (χ3n) is 5.51.